The van der Waals surface area contributed by atoms with Gasteiger partial charge in [0, 0.05) is 6.42 Å². The molecular formula is C6H9F2NO2. The van der Waals surface area contributed by atoms with E-state index >= 15 is 0 Å². The van der Waals surface area contributed by atoms with Crippen LogP contribution in [0.1, 0.15) is 6.42 Å². The van der Waals surface area contributed by atoms with E-state index in [1.165, 1.54) is 0 Å². The van der Waals surface area contributed by atoms with Gasteiger partial charge in [0.25, 0.3) is 5.92 Å². The number of hydrogen-bond acceptors (Lipinski definition) is 2. The first-order valence-electron chi connectivity index (χ1n) is 2.89. The van der Waals surface area contributed by atoms with Gasteiger partial charge in [-0.3, -0.25) is 4.79 Å². The average Bonchev–Trinajstić information content (AvgIpc) is 1.86. The first kappa shape index (κ1) is 10.0. The molecule has 0 radical (unpaired) electrons. The lowest BCUT2D eigenvalue weighted by Gasteiger charge is -2.17. The lowest BCUT2D eigenvalue weighted by molar-refractivity contribution is -0.148. The largest absolute Gasteiger partial charge is 0.480 e. The number of hydrogen-bond donors (Lipinski definition) is 2. The number of rotatable bonds is 4. The molecule has 0 bridgehead atoms. The Balaban J connectivity index is 4.27. The van der Waals surface area contributed by atoms with E-state index in [1.54, 1.807) is 0 Å². The monoisotopic (exact) mass is 165 g/mol. The van der Waals surface area contributed by atoms with E-state index < -0.39 is 24.4 Å². The van der Waals surface area contributed by atoms with E-state index in [0.29, 0.717) is 0 Å². The summed E-state index contributed by atoms with van der Waals surface area (Å²) in [7, 11) is 0. The average molecular weight is 165 g/mol. The Kier molecular flexibility index (Phi) is 3.13. The number of carboxylic acids is 1. The molecule has 11 heavy (non-hydrogen) atoms. The van der Waals surface area contributed by atoms with Gasteiger partial charge in [-0.05, 0) is 0 Å². The van der Waals surface area contributed by atoms with Gasteiger partial charge in [0.2, 0.25) is 0 Å². The van der Waals surface area contributed by atoms with Gasteiger partial charge in [-0.25, -0.2) is 8.78 Å². The number of alkyl halides is 2. The number of nitrogens with two attached hydrogens (primary N) is 1. The van der Waals surface area contributed by atoms with Crippen molar-refractivity contribution in [2.24, 2.45) is 5.73 Å². The maximum absolute atomic E-state index is 12.5. The molecule has 0 aliphatic carbocycles. The molecule has 5 heteroatoms. The van der Waals surface area contributed by atoms with Crippen LogP contribution in [-0.4, -0.2) is 23.0 Å². The van der Waals surface area contributed by atoms with E-state index in [4.69, 9.17) is 5.11 Å². The van der Waals surface area contributed by atoms with Gasteiger partial charge in [-0.1, -0.05) is 6.08 Å². The van der Waals surface area contributed by atoms with Crippen molar-refractivity contribution in [2.75, 3.05) is 0 Å². The minimum atomic E-state index is -3.41. The summed E-state index contributed by atoms with van der Waals surface area (Å²) >= 11 is 0. The van der Waals surface area contributed by atoms with E-state index in [9.17, 15) is 13.6 Å². The van der Waals surface area contributed by atoms with Crippen LogP contribution in [-0.2, 0) is 4.79 Å². The molecule has 0 aromatic rings. The van der Waals surface area contributed by atoms with Crippen molar-refractivity contribution in [1.29, 1.82) is 0 Å². The topological polar surface area (TPSA) is 63.3 Å². The van der Waals surface area contributed by atoms with Crippen LogP contribution in [0.2, 0.25) is 0 Å². The third kappa shape index (κ3) is 2.63. The highest BCUT2D eigenvalue weighted by atomic mass is 19.3. The zero-order chi connectivity index (χ0) is 9.07. The number of aliphatic carboxylic acids is 1. The molecule has 0 heterocycles. The summed E-state index contributed by atoms with van der Waals surface area (Å²) in [4.78, 5) is 9.98. The third-order valence-corrected chi connectivity index (χ3v) is 1.14. The van der Waals surface area contributed by atoms with Crippen LogP contribution >= 0.6 is 0 Å². The standard InChI is InChI=1S/C6H9F2NO2/c1-2-3-6(7,8)4(9)5(10)11/h2,4H,1,3,9H2,(H,10,11)/t4-/m0/s1. The first-order valence-corrected chi connectivity index (χ1v) is 2.89. The van der Waals surface area contributed by atoms with Crippen LogP contribution in [0.15, 0.2) is 12.7 Å². The second kappa shape index (κ2) is 3.43. The fourth-order valence-corrected chi connectivity index (χ4v) is 0.500. The van der Waals surface area contributed by atoms with Gasteiger partial charge in [0.1, 0.15) is 0 Å². The molecule has 0 saturated carbocycles. The van der Waals surface area contributed by atoms with Crippen LogP contribution in [0.3, 0.4) is 0 Å². The molecule has 64 valence electrons. The van der Waals surface area contributed by atoms with Gasteiger partial charge < -0.3 is 10.8 Å². The predicted molar refractivity (Wildman–Crippen MR) is 35.4 cm³/mol. The molecule has 0 saturated heterocycles. The van der Waals surface area contributed by atoms with Crippen LogP contribution in [0.25, 0.3) is 0 Å². The number of allylic oxidation sites excluding steroid dienone is 1. The molecule has 0 fully saturated rings. The van der Waals surface area contributed by atoms with Crippen molar-refractivity contribution in [3.63, 3.8) is 0 Å². The Hall–Kier alpha value is -0.970. The molecule has 0 aliphatic rings. The second-order valence-corrected chi connectivity index (χ2v) is 2.07. The van der Waals surface area contributed by atoms with Crippen molar-refractivity contribution >= 4 is 5.97 Å². The maximum atomic E-state index is 12.5. The quantitative estimate of drug-likeness (QED) is 0.600. The van der Waals surface area contributed by atoms with E-state index in [0.717, 1.165) is 6.08 Å². The molecule has 0 aromatic heterocycles. The highest BCUT2D eigenvalue weighted by Gasteiger charge is 2.40. The summed E-state index contributed by atoms with van der Waals surface area (Å²) in [5.41, 5.74) is 4.68. The number of carboxylic acid groups (broad SMARTS) is 1. The van der Waals surface area contributed by atoms with Crippen LogP contribution in [0, 0.1) is 0 Å². The maximum Gasteiger partial charge on any atom is 0.326 e. The Morgan fingerprint density at radius 1 is 1.82 bits per heavy atom. The minimum absolute atomic E-state index is 0.722. The minimum Gasteiger partial charge on any atom is -0.480 e. The second-order valence-electron chi connectivity index (χ2n) is 2.07. The lowest BCUT2D eigenvalue weighted by atomic mass is 10.1. The third-order valence-electron chi connectivity index (χ3n) is 1.14. The van der Waals surface area contributed by atoms with Gasteiger partial charge in [0.15, 0.2) is 6.04 Å². The van der Waals surface area contributed by atoms with E-state index in [-0.39, 0.29) is 0 Å². The highest BCUT2D eigenvalue weighted by Crippen LogP contribution is 2.21. The summed E-state index contributed by atoms with van der Waals surface area (Å²) < 4.78 is 25.0. The SMILES string of the molecule is C=CCC(F)(F)[C@@H](N)C(=O)O. The van der Waals surface area contributed by atoms with Crippen LogP contribution in [0.5, 0.6) is 0 Å². The van der Waals surface area contributed by atoms with Crippen molar-refractivity contribution in [2.45, 2.75) is 18.4 Å². The molecule has 0 spiro atoms. The van der Waals surface area contributed by atoms with Crippen molar-refractivity contribution in [3.05, 3.63) is 12.7 Å². The Bertz CT molecular complexity index is 170. The molecule has 0 amide bonds. The zero-order valence-electron chi connectivity index (χ0n) is 5.76. The molecule has 3 nitrogen and oxygen atoms in total. The Labute approximate surface area is 62.5 Å². The van der Waals surface area contributed by atoms with Crippen LogP contribution < -0.4 is 5.73 Å². The van der Waals surface area contributed by atoms with E-state index in [1.807, 2.05) is 0 Å². The molecule has 0 aromatic carbocycles. The van der Waals surface area contributed by atoms with Crippen molar-refractivity contribution in [1.82, 2.24) is 0 Å². The molecule has 0 unspecified atom stereocenters. The van der Waals surface area contributed by atoms with Gasteiger partial charge >= 0.3 is 5.97 Å². The summed E-state index contributed by atoms with van der Waals surface area (Å²) in [6.45, 7) is 3.06. The van der Waals surface area contributed by atoms with Crippen molar-refractivity contribution in [3.8, 4) is 0 Å². The van der Waals surface area contributed by atoms with Gasteiger partial charge in [-0.15, -0.1) is 6.58 Å². The molecule has 3 N–H and O–H groups in total. The van der Waals surface area contributed by atoms with E-state index in [2.05, 4.69) is 12.3 Å². The number of halogens is 2. The Morgan fingerprint density at radius 2 is 2.27 bits per heavy atom. The summed E-state index contributed by atoms with van der Waals surface area (Å²) in [6, 6.07) is -2.15. The number of carbonyl (C=O) groups is 1. The molecule has 0 rings (SSSR count). The smallest absolute Gasteiger partial charge is 0.326 e. The molecular weight excluding hydrogens is 156 g/mol. The van der Waals surface area contributed by atoms with Crippen LogP contribution in [0.4, 0.5) is 8.78 Å². The van der Waals surface area contributed by atoms with Crippen molar-refractivity contribution < 1.29 is 18.7 Å². The first-order chi connectivity index (χ1) is 4.91. The molecule has 1 atom stereocenters. The fourth-order valence-electron chi connectivity index (χ4n) is 0.500. The summed E-state index contributed by atoms with van der Waals surface area (Å²) in [5.74, 6) is -5.12. The fraction of sp³-hybridized carbons (Fsp3) is 0.500. The summed E-state index contributed by atoms with van der Waals surface area (Å²) in [5, 5.41) is 8.10. The highest BCUT2D eigenvalue weighted by molar-refractivity contribution is 5.74. The molecule has 0 aliphatic heterocycles. The summed E-state index contributed by atoms with van der Waals surface area (Å²) in [6.07, 6.45) is 0.212. The normalized spacial score (nSPS) is 14.1. The lowest BCUT2D eigenvalue weighted by Crippen LogP contribution is -2.46. The Morgan fingerprint density at radius 3 is 2.55 bits per heavy atom. The van der Waals surface area contributed by atoms with Gasteiger partial charge in [0.05, 0.1) is 0 Å². The zero-order valence-corrected chi connectivity index (χ0v) is 5.76. The predicted octanol–water partition coefficient (Wildman–Crippen LogP) is 0.610. The van der Waals surface area contributed by atoms with Gasteiger partial charge in [-0.2, -0.15) is 0 Å².